The highest BCUT2D eigenvalue weighted by atomic mass is 15.1. The lowest BCUT2D eigenvalue weighted by Crippen LogP contribution is -2.09. The summed E-state index contributed by atoms with van der Waals surface area (Å²) in [5.74, 6) is 0. The molecule has 0 aliphatic heterocycles. The molecule has 0 aliphatic rings. The number of fused-ring (bicyclic) bond motifs is 9. The van der Waals surface area contributed by atoms with Gasteiger partial charge in [-0.3, -0.25) is 0 Å². The summed E-state index contributed by atoms with van der Waals surface area (Å²) in [6.07, 6.45) is 0. The van der Waals surface area contributed by atoms with Crippen molar-refractivity contribution in [2.24, 2.45) is 0 Å². The van der Waals surface area contributed by atoms with Crippen molar-refractivity contribution in [2.45, 2.75) is 0 Å². The summed E-state index contributed by atoms with van der Waals surface area (Å²) >= 11 is 0. The SMILES string of the molecule is c1ccc(-c2c(-c3ccccc3)c3cc(-c4ccc(N(c5ccc(-c6cccc7c6c6ccccc6n7-c6ccccc6)cc5)c5ccc6c(ccc7ccccc76)c5)cc4)ccc3c3ccccc23)cc1. The Hall–Kier alpha value is -9.50. The van der Waals surface area contributed by atoms with Gasteiger partial charge in [0.05, 0.1) is 11.0 Å². The summed E-state index contributed by atoms with van der Waals surface area (Å²) in [4.78, 5) is 2.40. The third-order valence-electron chi connectivity index (χ3n) is 14.7. The smallest absolute Gasteiger partial charge is 0.0547 e. The number of hydrogen-bond donors (Lipinski definition) is 0. The van der Waals surface area contributed by atoms with E-state index in [-0.39, 0.29) is 0 Å². The highest BCUT2D eigenvalue weighted by molar-refractivity contribution is 6.22. The molecule has 0 amide bonds. The minimum Gasteiger partial charge on any atom is -0.310 e. The van der Waals surface area contributed by atoms with E-state index in [4.69, 9.17) is 0 Å². The van der Waals surface area contributed by atoms with E-state index in [1.165, 1.54) is 104 Å². The summed E-state index contributed by atoms with van der Waals surface area (Å²) in [6.45, 7) is 0. The molecule has 14 aromatic rings. The fourth-order valence-electron chi connectivity index (χ4n) is 11.5. The van der Waals surface area contributed by atoms with Gasteiger partial charge in [0.25, 0.3) is 0 Å². The average molecular weight is 915 g/mol. The van der Waals surface area contributed by atoms with E-state index in [9.17, 15) is 0 Å². The normalized spacial score (nSPS) is 11.6. The van der Waals surface area contributed by atoms with Crippen molar-refractivity contribution < 1.29 is 0 Å². The standard InChI is InChI=1S/C70H46N2/c1-4-18-50(19-5-1)68-63-26-13-12-25-61(63)62-43-37-52(46-65(62)69(68)51-20-6-2-7-21-51)47-33-38-55(39-34-47)71(57-42-44-59-53(45-57)32-31-48-17-10-11-24-58(48)59)56-40-35-49(36-41-56)60-28-16-30-67-70(60)64-27-14-15-29-66(64)72(67)54-22-8-3-9-23-54/h1-46H. The molecule has 336 valence electrons. The minimum absolute atomic E-state index is 1.09. The van der Waals surface area contributed by atoms with Gasteiger partial charge in [-0.25, -0.2) is 0 Å². The molecule has 0 bridgehead atoms. The summed E-state index contributed by atoms with van der Waals surface area (Å²) in [5.41, 5.74) is 16.5. The molecule has 13 aromatic carbocycles. The number of hydrogen-bond acceptors (Lipinski definition) is 1. The van der Waals surface area contributed by atoms with Crippen molar-refractivity contribution in [1.29, 1.82) is 0 Å². The first-order valence-corrected chi connectivity index (χ1v) is 24.8. The Morgan fingerprint density at radius 3 is 1.47 bits per heavy atom. The zero-order valence-corrected chi connectivity index (χ0v) is 39.5. The van der Waals surface area contributed by atoms with Crippen LogP contribution in [0.4, 0.5) is 17.1 Å². The molecular formula is C70H46N2. The Morgan fingerprint density at radius 2 is 0.750 bits per heavy atom. The fraction of sp³-hybridized carbons (Fsp3) is 0. The monoisotopic (exact) mass is 914 g/mol. The number of para-hydroxylation sites is 2. The highest BCUT2D eigenvalue weighted by Crippen LogP contribution is 2.47. The van der Waals surface area contributed by atoms with Crippen molar-refractivity contribution in [1.82, 2.24) is 4.57 Å². The highest BCUT2D eigenvalue weighted by Gasteiger charge is 2.21. The third-order valence-corrected chi connectivity index (χ3v) is 14.7. The summed E-state index contributed by atoms with van der Waals surface area (Å²) < 4.78 is 2.39. The molecule has 14 rings (SSSR count). The van der Waals surface area contributed by atoms with Crippen LogP contribution in [0.2, 0.25) is 0 Å². The van der Waals surface area contributed by atoms with E-state index in [1.54, 1.807) is 0 Å². The van der Waals surface area contributed by atoms with Gasteiger partial charge in [-0.15, -0.1) is 0 Å². The third kappa shape index (κ3) is 6.88. The van der Waals surface area contributed by atoms with Crippen LogP contribution >= 0.6 is 0 Å². The van der Waals surface area contributed by atoms with Gasteiger partial charge in [-0.05, 0) is 154 Å². The lowest BCUT2D eigenvalue weighted by Gasteiger charge is -2.26. The first-order chi connectivity index (χ1) is 35.7. The topological polar surface area (TPSA) is 8.17 Å². The van der Waals surface area contributed by atoms with Gasteiger partial charge >= 0.3 is 0 Å². The molecule has 1 aromatic heterocycles. The Balaban J connectivity index is 0.905. The number of rotatable bonds is 8. The second kappa shape index (κ2) is 17.2. The fourth-order valence-corrected chi connectivity index (χ4v) is 11.5. The maximum atomic E-state index is 2.41. The van der Waals surface area contributed by atoms with E-state index in [0.29, 0.717) is 0 Å². The van der Waals surface area contributed by atoms with Gasteiger partial charge in [0, 0.05) is 33.5 Å². The molecule has 0 fully saturated rings. The Morgan fingerprint density at radius 1 is 0.250 bits per heavy atom. The van der Waals surface area contributed by atoms with Crippen LogP contribution in [0.5, 0.6) is 0 Å². The zero-order valence-electron chi connectivity index (χ0n) is 39.5. The number of anilines is 3. The van der Waals surface area contributed by atoms with Gasteiger partial charge in [-0.2, -0.15) is 0 Å². The molecule has 0 saturated carbocycles. The van der Waals surface area contributed by atoms with Crippen molar-refractivity contribution in [3.8, 4) is 50.2 Å². The molecule has 2 heteroatoms. The molecule has 2 nitrogen and oxygen atoms in total. The van der Waals surface area contributed by atoms with Crippen molar-refractivity contribution in [3.05, 3.63) is 279 Å². The van der Waals surface area contributed by atoms with Crippen molar-refractivity contribution in [3.63, 3.8) is 0 Å². The molecule has 0 aliphatic carbocycles. The zero-order chi connectivity index (χ0) is 47.5. The lowest BCUT2D eigenvalue weighted by atomic mass is 9.84. The van der Waals surface area contributed by atoms with Gasteiger partial charge in [0.2, 0.25) is 0 Å². The largest absolute Gasteiger partial charge is 0.310 e. The summed E-state index contributed by atoms with van der Waals surface area (Å²) in [6, 6.07) is 102. The second-order valence-electron chi connectivity index (χ2n) is 18.8. The summed E-state index contributed by atoms with van der Waals surface area (Å²) in [5, 5.41) is 12.5. The minimum atomic E-state index is 1.09. The first kappa shape index (κ1) is 41.5. The first-order valence-electron chi connectivity index (χ1n) is 24.8. The predicted octanol–water partition coefficient (Wildman–Crippen LogP) is 19.5. The van der Waals surface area contributed by atoms with Crippen LogP contribution in [-0.4, -0.2) is 4.57 Å². The Kier molecular flexibility index (Phi) is 9.89. The van der Waals surface area contributed by atoms with E-state index in [0.717, 1.165) is 28.3 Å². The average Bonchev–Trinajstić information content (AvgIpc) is 3.80. The van der Waals surface area contributed by atoms with Crippen molar-refractivity contribution in [2.75, 3.05) is 4.90 Å². The van der Waals surface area contributed by atoms with Crippen LogP contribution in [0.1, 0.15) is 0 Å². The van der Waals surface area contributed by atoms with Gasteiger partial charge in [0.1, 0.15) is 0 Å². The lowest BCUT2D eigenvalue weighted by molar-refractivity contribution is 1.18. The van der Waals surface area contributed by atoms with Crippen LogP contribution in [0.15, 0.2) is 279 Å². The maximum absolute atomic E-state index is 2.41. The van der Waals surface area contributed by atoms with E-state index < -0.39 is 0 Å². The van der Waals surface area contributed by atoms with E-state index in [1.807, 2.05) is 0 Å². The molecular weight excluding hydrogens is 869 g/mol. The Labute approximate surface area is 418 Å². The second-order valence-corrected chi connectivity index (χ2v) is 18.8. The van der Waals surface area contributed by atoms with Crippen LogP contribution in [0.25, 0.3) is 115 Å². The maximum Gasteiger partial charge on any atom is 0.0547 e. The van der Waals surface area contributed by atoms with E-state index >= 15 is 0 Å². The van der Waals surface area contributed by atoms with Gasteiger partial charge < -0.3 is 9.47 Å². The molecule has 0 atom stereocenters. The van der Waals surface area contributed by atoms with E-state index in [2.05, 4.69) is 289 Å². The number of benzene rings is 13. The van der Waals surface area contributed by atoms with Crippen LogP contribution in [-0.2, 0) is 0 Å². The molecule has 0 N–H and O–H groups in total. The van der Waals surface area contributed by atoms with Gasteiger partial charge in [0.15, 0.2) is 0 Å². The molecule has 1 heterocycles. The molecule has 0 unspecified atom stereocenters. The molecule has 72 heavy (non-hydrogen) atoms. The summed E-state index contributed by atoms with van der Waals surface area (Å²) in [7, 11) is 0. The predicted molar refractivity (Wildman–Crippen MR) is 307 cm³/mol. The van der Waals surface area contributed by atoms with Crippen molar-refractivity contribution >= 4 is 82.0 Å². The molecule has 0 radical (unpaired) electrons. The number of nitrogens with zero attached hydrogens (tertiary/aromatic N) is 2. The Bertz CT molecular complexity index is 4340. The van der Waals surface area contributed by atoms with Crippen LogP contribution in [0, 0.1) is 0 Å². The molecule has 0 spiro atoms. The van der Waals surface area contributed by atoms with Crippen LogP contribution < -0.4 is 4.90 Å². The van der Waals surface area contributed by atoms with Gasteiger partial charge in [-0.1, -0.05) is 212 Å². The van der Waals surface area contributed by atoms with Crippen LogP contribution in [0.3, 0.4) is 0 Å². The quantitative estimate of drug-likeness (QED) is 0.138. The number of aromatic nitrogens is 1. The molecule has 0 saturated heterocycles.